The van der Waals surface area contributed by atoms with E-state index < -0.39 is 11.7 Å². The van der Waals surface area contributed by atoms with Crippen LogP contribution in [0.5, 0.6) is 0 Å². The lowest BCUT2D eigenvalue weighted by molar-refractivity contribution is 0.103. The molecular formula is C19H13ClFN5O. The average Bonchev–Trinajstić information content (AvgIpc) is 3.09. The van der Waals surface area contributed by atoms with Crippen molar-refractivity contribution in [1.82, 2.24) is 24.9 Å². The van der Waals surface area contributed by atoms with Crippen molar-refractivity contribution in [3.8, 4) is 0 Å². The molecule has 0 bridgehead atoms. The number of hydrogen-bond donors (Lipinski definition) is 1. The summed E-state index contributed by atoms with van der Waals surface area (Å²) in [5.74, 6) is -1.37. The lowest BCUT2D eigenvalue weighted by Gasteiger charge is -2.05. The second-order valence-corrected chi connectivity index (χ2v) is 6.40. The molecule has 0 spiro atoms. The van der Waals surface area contributed by atoms with Gasteiger partial charge in [-0.1, -0.05) is 17.7 Å². The second kappa shape index (κ2) is 6.85. The SMILES string of the molecule is Cc1ccc(Cc2ccc(C(=O)c3c[nH]c4ncnc(Cl)c34)c(F)n2)cn1. The molecule has 0 aliphatic heterocycles. The number of rotatable bonds is 4. The smallest absolute Gasteiger partial charge is 0.224 e. The molecule has 27 heavy (non-hydrogen) atoms. The summed E-state index contributed by atoms with van der Waals surface area (Å²) >= 11 is 6.06. The molecule has 4 aromatic heterocycles. The highest BCUT2D eigenvalue weighted by Crippen LogP contribution is 2.26. The number of pyridine rings is 2. The van der Waals surface area contributed by atoms with Gasteiger partial charge in [0.25, 0.3) is 0 Å². The maximum atomic E-state index is 14.5. The number of aromatic nitrogens is 5. The number of nitrogens with zero attached hydrogens (tertiary/aromatic N) is 4. The molecule has 0 aliphatic carbocycles. The van der Waals surface area contributed by atoms with E-state index in [-0.39, 0.29) is 16.3 Å². The Morgan fingerprint density at radius 1 is 1.15 bits per heavy atom. The maximum absolute atomic E-state index is 14.5. The first-order chi connectivity index (χ1) is 13.0. The standard InChI is InChI=1S/C19H13ClFN5O/c1-10-2-3-11(7-22-10)6-12-4-5-13(18(21)26-12)16(27)14-8-23-19-15(14)17(20)24-9-25-19/h2-5,7-9H,6H2,1H3,(H,23,24,25). The minimum absolute atomic E-state index is 0.126. The topological polar surface area (TPSA) is 84.4 Å². The maximum Gasteiger partial charge on any atom is 0.224 e. The minimum Gasteiger partial charge on any atom is -0.345 e. The van der Waals surface area contributed by atoms with Crippen LogP contribution in [-0.4, -0.2) is 30.7 Å². The summed E-state index contributed by atoms with van der Waals surface area (Å²) in [5, 5.41) is 0.486. The Balaban J connectivity index is 1.65. The Labute approximate surface area is 158 Å². The van der Waals surface area contributed by atoms with Crippen LogP contribution in [0.15, 0.2) is 43.0 Å². The van der Waals surface area contributed by atoms with Gasteiger partial charge >= 0.3 is 0 Å². The molecule has 0 aromatic carbocycles. The highest BCUT2D eigenvalue weighted by molar-refractivity contribution is 6.36. The second-order valence-electron chi connectivity index (χ2n) is 6.05. The van der Waals surface area contributed by atoms with Crippen LogP contribution < -0.4 is 0 Å². The van der Waals surface area contributed by atoms with E-state index in [0.717, 1.165) is 11.3 Å². The van der Waals surface area contributed by atoms with Crippen molar-refractivity contribution in [3.63, 3.8) is 0 Å². The monoisotopic (exact) mass is 381 g/mol. The van der Waals surface area contributed by atoms with Crippen molar-refractivity contribution >= 4 is 28.4 Å². The van der Waals surface area contributed by atoms with E-state index in [4.69, 9.17) is 11.6 Å². The normalized spacial score (nSPS) is 11.1. The van der Waals surface area contributed by atoms with Gasteiger partial charge in [-0.25, -0.2) is 15.0 Å². The van der Waals surface area contributed by atoms with E-state index in [9.17, 15) is 9.18 Å². The highest BCUT2D eigenvalue weighted by atomic mass is 35.5. The molecule has 0 amide bonds. The van der Waals surface area contributed by atoms with Gasteiger partial charge in [-0.05, 0) is 30.7 Å². The fraction of sp³-hybridized carbons (Fsp3) is 0.105. The molecule has 4 rings (SSSR count). The molecule has 0 saturated heterocycles. The minimum atomic E-state index is -0.833. The summed E-state index contributed by atoms with van der Waals surface area (Å²) in [7, 11) is 0. The summed E-state index contributed by atoms with van der Waals surface area (Å²) in [6.07, 6.45) is 4.87. The molecule has 1 N–H and O–H groups in total. The molecule has 6 nitrogen and oxygen atoms in total. The van der Waals surface area contributed by atoms with Gasteiger partial charge in [0.15, 0.2) is 5.78 Å². The van der Waals surface area contributed by atoms with Crippen molar-refractivity contribution in [2.75, 3.05) is 0 Å². The van der Waals surface area contributed by atoms with Crippen molar-refractivity contribution in [2.45, 2.75) is 13.3 Å². The molecule has 4 aromatic rings. The number of nitrogens with one attached hydrogen (secondary N) is 1. The van der Waals surface area contributed by atoms with Crippen molar-refractivity contribution in [1.29, 1.82) is 0 Å². The van der Waals surface area contributed by atoms with E-state index in [1.165, 1.54) is 18.6 Å². The molecule has 0 atom stereocenters. The summed E-state index contributed by atoms with van der Waals surface area (Å²) < 4.78 is 14.5. The predicted octanol–water partition coefficient (Wildman–Crippen LogP) is 3.67. The van der Waals surface area contributed by atoms with Gasteiger partial charge in [-0.2, -0.15) is 4.39 Å². The Hall–Kier alpha value is -3.19. The summed E-state index contributed by atoms with van der Waals surface area (Å²) in [5.41, 5.74) is 2.80. The molecule has 0 saturated carbocycles. The van der Waals surface area contributed by atoms with Gasteiger partial charge in [0, 0.05) is 30.2 Å². The van der Waals surface area contributed by atoms with Crippen molar-refractivity contribution in [3.05, 3.63) is 82.2 Å². The summed E-state index contributed by atoms with van der Waals surface area (Å²) in [6.45, 7) is 1.89. The fourth-order valence-electron chi connectivity index (χ4n) is 2.80. The Morgan fingerprint density at radius 2 is 2.00 bits per heavy atom. The van der Waals surface area contributed by atoms with Gasteiger partial charge in [0.2, 0.25) is 5.95 Å². The summed E-state index contributed by atoms with van der Waals surface area (Å²) in [6, 6.07) is 6.85. The van der Waals surface area contributed by atoms with Crippen LogP contribution in [0.3, 0.4) is 0 Å². The number of aromatic amines is 1. The zero-order valence-corrected chi connectivity index (χ0v) is 15.0. The van der Waals surface area contributed by atoms with Crippen LogP contribution in [0.4, 0.5) is 4.39 Å². The van der Waals surface area contributed by atoms with Crippen LogP contribution in [-0.2, 0) is 6.42 Å². The first kappa shape index (κ1) is 17.2. The van der Waals surface area contributed by atoms with Gasteiger partial charge < -0.3 is 4.98 Å². The van der Waals surface area contributed by atoms with E-state index in [1.54, 1.807) is 12.3 Å². The Kier molecular flexibility index (Phi) is 4.37. The van der Waals surface area contributed by atoms with E-state index >= 15 is 0 Å². The van der Waals surface area contributed by atoms with Gasteiger partial charge in [0.1, 0.15) is 17.1 Å². The molecule has 0 unspecified atom stereocenters. The first-order valence-corrected chi connectivity index (χ1v) is 8.50. The number of fused-ring (bicyclic) bond motifs is 1. The molecule has 134 valence electrons. The molecular weight excluding hydrogens is 369 g/mol. The third kappa shape index (κ3) is 3.29. The van der Waals surface area contributed by atoms with Crippen LogP contribution in [0.1, 0.15) is 32.9 Å². The zero-order chi connectivity index (χ0) is 19.0. The number of H-pyrrole nitrogens is 1. The summed E-state index contributed by atoms with van der Waals surface area (Å²) in [4.78, 5) is 31.6. The fourth-order valence-corrected chi connectivity index (χ4v) is 3.04. The number of carbonyl (C=O) groups excluding carboxylic acids is 1. The lowest BCUT2D eigenvalue weighted by Crippen LogP contribution is -2.07. The van der Waals surface area contributed by atoms with Crippen LogP contribution in [0, 0.1) is 12.9 Å². The molecule has 0 aliphatic rings. The van der Waals surface area contributed by atoms with Gasteiger partial charge in [0.05, 0.1) is 16.5 Å². The highest BCUT2D eigenvalue weighted by Gasteiger charge is 2.21. The third-order valence-electron chi connectivity index (χ3n) is 4.18. The Morgan fingerprint density at radius 3 is 2.74 bits per heavy atom. The number of aryl methyl sites for hydroxylation is 1. The van der Waals surface area contributed by atoms with Crippen molar-refractivity contribution in [2.24, 2.45) is 0 Å². The first-order valence-electron chi connectivity index (χ1n) is 8.12. The van der Waals surface area contributed by atoms with Gasteiger partial charge in [-0.3, -0.25) is 9.78 Å². The third-order valence-corrected chi connectivity index (χ3v) is 4.46. The van der Waals surface area contributed by atoms with Crippen LogP contribution in [0.25, 0.3) is 11.0 Å². The van der Waals surface area contributed by atoms with Crippen molar-refractivity contribution < 1.29 is 9.18 Å². The Bertz CT molecular complexity index is 1160. The lowest BCUT2D eigenvalue weighted by atomic mass is 10.0. The quantitative estimate of drug-likeness (QED) is 0.331. The average molecular weight is 382 g/mol. The van der Waals surface area contributed by atoms with Crippen LogP contribution >= 0.6 is 11.6 Å². The zero-order valence-electron chi connectivity index (χ0n) is 14.2. The predicted molar refractivity (Wildman–Crippen MR) is 98.3 cm³/mol. The van der Waals surface area contributed by atoms with E-state index in [0.29, 0.717) is 23.1 Å². The van der Waals surface area contributed by atoms with E-state index in [1.807, 2.05) is 19.1 Å². The number of halogens is 2. The largest absolute Gasteiger partial charge is 0.345 e. The molecule has 0 fully saturated rings. The molecule has 8 heteroatoms. The van der Waals surface area contributed by atoms with E-state index in [2.05, 4.69) is 24.9 Å². The van der Waals surface area contributed by atoms with Gasteiger partial charge in [-0.15, -0.1) is 0 Å². The number of ketones is 1. The van der Waals surface area contributed by atoms with Crippen LogP contribution in [0.2, 0.25) is 5.15 Å². The molecule has 4 heterocycles. The number of carbonyl (C=O) groups is 1. The number of hydrogen-bond acceptors (Lipinski definition) is 5. The molecule has 0 radical (unpaired) electrons.